The lowest BCUT2D eigenvalue weighted by Gasteiger charge is -2.27. The van der Waals surface area contributed by atoms with E-state index in [4.69, 9.17) is 9.47 Å². The molecule has 3 rings (SSSR count). The van der Waals surface area contributed by atoms with Crippen LogP contribution < -0.4 is 14.9 Å². The van der Waals surface area contributed by atoms with Gasteiger partial charge in [0.1, 0.15) is 11.5 Å². The zero-order chi connectivity index (χ0) is 22.1. The van der Waals surface area contributed by atoms with Crippen molar-refractivity contribution in [1.29, 1.82) is 0 Å². The van der Waals surface area contributed by atoms with Crippen LogP contribution in [-0.4, -0.2) is 30.4 Å². The van der Waals surface area contributed by atoms with Crippen molar-refractivity contribution >= 4 is 12.1 Å². The van der Waals surface area contributed by atoms with Crippen LogP contribution in [0.1, 0.15) is 30.5 Å². The number of ether oxygens (including phenoxy) is 2. The van der Waals surface area contributed by atoms with Gasteiger partial charge in [-0.3, -0.25) is 4.79 Å². The zero-order valence-electron chi connectivity index (χ0n) is 17.6. The molecule has 1 amide bonds. The van der Waals surface area contributed by atoms with Gasteiger partial charge in [-0.15, -0.1) is 0 Å². The smallest absolute Gasteiger partial charge is 0.281 e. The second kappa shape index (κ2) is 10.4. The Balaban J connectivity index is 1.92. The molecular formula is C25H26N2O4. The Morgan fingerprint density at radius 1 is 0.871 bits per heavy atom. The summed E-state index contributed by atoms with van der Waals surface area (Å²) >= 11 is 0. The second-order valence-electron chi connectivity index (χ2n) is 6.74. The molecule has 3 aromatic carbocycles. The Morgan fingerprint density at radius 3 is 1.81 bits per heavy atom. The van der Waals surface area contributed by atoms with Crippen molar-refractivity contribution in [3.63, 3.8) is 0 Å². The molecule has 0 unspecified atom stereocenters. The number of nitrogens with zero attached hydrogens (tertiary/aromatic N) is 1. The Labute approximate surface area is 182 Å². The van der Waals surface area contributed by atoms with Crippen molar-refractivity contribution in [1.82, 2.24) is 5.43 Å². The summed E-state index contributed by atoms with van der Waals surface area (Å²) in [5, 5.41) is 15.6. The van der Waals surface area contributed by atoms with Gasteiger partial charge >= 0.3 is 0 Å². The van der Waals surface area contributed by atoms with Gasteiger partial charge in [-0.1, -0.05) is 54.6 Å². The highest BCUT2D eigenvalue weighted by molar-refractivity contribution is 5.91. The van der Waals surface area contributed by atoms with Crippen molar-refractivity contribution in [3.05, 3.63) is 95.6 Å². The van der Waals surface area contributed by atoms with Gasteiger partial charge in [-0.05, 0) is 54.8 Å². The monoisotopic (exact) mass is 418 g/mol. The lowest BCUT2D eigenvalue weighted by molar-refractivity contribution is -0.136. The molecule has 160 valence electrons. The molecule has 0 fully saturated rings. The summed E-state index contributed by atoms with van der Waals surface area (Å²) in [7, 11) is 0. The van der Waals surface area contributed by atoms with Gasteiger partial charge in [0.2, 0.25) is 0 Å². The quantitative estimate of drug-likeness (QED) is 0.408. The van der Waals surface area contributed by atoms with E-state index in [-0.39, 0.29) is 0 Å². The first-order chi connectivity index (χ1) is 15.1. The van der Waals surface area contributed by atoms with E-state index in [1.165, 1.54) is 6.21 Å². The Kier molecular flexibility index (Phi) is 7.40. The summed E-state index contributed by atoms with van der Waals surface area (Å²) in [5.41, 5.74) is 2.13. The van der Waals surface area contributed by atoms with E-state index in [1.54, 1.807) is 48.5 Å². The molecule has 0 aliphatic heterocycles. The first-order valence-electron chi connectivity index (χ1n) is 10.2. The Hall–Kier alpha value is -3.64. The van der Waals surface area contributed by atoms with Gasteiger partial charge in [0, 0.05) is 0 Å². The summed E-state index contributed by atoms with van der Waals surface area (Å²) in [6.45, 7) is 4.83. The number of hydrogen-bond donors (Lipinski definition) is 2. The SMILES string of the molecule is CCOc1ccc(C(O)(C(=O)NN=Cc2ccccc2)c2ccc(OCC)cc2)cc1. The lowest BCUT2D eigenvalue weighted by Crippen LogP contribution is -2.43. The summed E-state index contributed by atoms with van der Waals surface area (Å²) in [4.78, 5) is 13.1. The molecule has 6 nitrogen and oxygen atoms in total. The fourth-order valence-electron chi connectivity index (χ4n) is 3.13. The zero-order valence-corrected chi connectivity index (χ0v) is 17.6. The van der Waals surface area contributed by atoms with E-state index in [1.807, 2.05) is 44.2 Å². The maximum atomic E-state index is 13.1. The summed E-state index contributed by atoms with van der Waals surface area (Å²) in [5.74, 6) is 0.638. The topological polar surface area (TPSA) is 80.2 Å². The van der Waals surface area contributed by atoms with Gasteiger partial charge in [0.15, 0.2) is 5.60 Å². The standard InChI is InChI=1S/C25H26N2O4/c1-3-30-22-14-10-20(11-15-22)25(29,21-12-16-23(17-13-21)31-4-2)24(28)27-26-18-19-8-6-5-7-9-19/h5-18,29H,3-4H2,1-2H3,(H,27,28). The number of aliphatic hydroxyl groups is 1. The molecular weight excluding hydrogens is 392 g/mol. The molecule has 2 N–H and O–H groups in total. The molecule has 0 heterocycles. The van der Waals surface area contributed by atoms with Crippen LogP contribution in [0.2, 0.25) is 0 Å². The van der Waals surface area contributed by atoms with E-state index in [2.05, 4.69) is 10.5 Å². The third-order valence-corrected chi connectivity index (χ3v) is 4.67. The summed E-state index contributed by atoms with van der Waals surface area (Å²) < 4.78 is 10.9. The third-order valence-electron chi connectivity index (χ3n) is 4.67. The number of nitrogens with one attached hydrogen (secondary N) is 1. The van der Waals surface area contributed by atoms with Gasteiger partial charge in [0.25, 0.3) is 5.91 Å². The predicted octanol–water partition coefficient (Wildman–Crippen LogP) is 3.87. The first-order valence-corrected chi connectivity index (χ1v) is 10.2. The average molecular weight is 418 g/mol. The minimum Gasteiger partial charge on any atom is -0.494 e. The maximum Gasteiger partial charge on any atom is 0.281 e. The number of hydrogen-bond acceptors (Lipinski definition) is 5. The Morgan fingerprint density at radius 2 is 1.35 bits per heavy atom. The second-order valence-corrected chi connectivity index (χ2v) is 6.74. The molecule has 0 bridgehead atoms. The normalized spacial score (nSPS) is 11.3. The van der Waals surface area contributed by atoms with Gasteiger partial charge in [0.05, 0.1) is 19.4 Å². The van der Waals surface area contributed by atoms with Crippen LogP contribution in [0.15, 0.2) is 84.0 Å². The predicted molar refractivity (Wildman–Crippen MR) is 120 cm³/mol. The highest BCUT2D eigenvalue weighted by Gasteiger charge is 2.40. The molecule has 0 saturated heterocycles. The molecule has 3 aromatic rings. The van der Waals surface area contributed by atoms with Crippen molar-refractivity contribution in [2.24, 2.45) is 5.10 Å². The van der Waals surface area contributed by atoms with E-state index < -0.39 is 11.5 Å². The van der Waals surface area contributed by atoms with Crippen molar-refractivity contribution in [2.45, 2.75) is 19.4 Å². The van der Waals surface area contributed by atoms with Crippen LogP contribution in [0.3, 0.4) is 0 Å². The number of carbonyl (C=O) groups is 1. The van der Waals surface area contributed by atoms with Crippen LogP contribution in [0, 0.1) is 0 Å². The maximum absolute atomic E-state index is 13.1. The van der Waals surface area contributed by atoms with Crippen LogP contribution in [0.25, 0.3) is 0 Å². The number of benzene rings is 3. The van der Waals surface area contributed by atoms with Crippen molar-refractivity contribution in [2.75, 3.05) is 13.2 Å². The van der Waals surface area contributed by atoms with Gasteiger partial charge in [-0.25, -0.2) is 5.43 Å². The molecule has 0 atom stereocenters. The molecule has 0 aliphatic carbocycles. The highest BCUT2D eigenvalue weighted by atomic mass is 16.5. The molecule has 6 heteroatoms. The largest absolute Gasteiger partial charge is 0.494 e. The van der Waals surface area contributed by atoms with E-state index >= 15 is 0 Å². The first kappa shape index (κ1) is 22.1. The molecule has 0 saturated carbocycles. The Bertz CT molecular complexity index is 950. The van der Waals surface area contributed by atoms with Crippen molar-refractivity contribution in [3.8, 4) is 11.5 Å². The number of hydrazone groups is 1. The molecule has 0 radical (unpaired) electrons. The molecule has 0 spiro atoms. The van der Waals surface area contributed by atoms with E-state index in [0.717, 1.165) is 5.56 Å². The number of amides is 1. The highest BCUT2D eigenvalue weighted by Crippen LogP contribution is 2.32. The third kappa shape index (κ3) is 5.29. The minimum atomic E-state index is -1.95. The van der Waals surface area contributed by atoms with Crippen LogP contribution >= 0.6 is 0 Å². The lowest BCUT2D eigenvalue weighted by atomic mass is 9.85. The minimum absolute atomic E-state index is 0.396. The fourth-order valence-corrected chi connectivity index (χ4v) is 3.13. The van der Waals surface area contributed by atoms with E-state index in [0.29, 0.717) is 35.8 Å². The number of carbonyl (C=O) groups excluding carboxylic acids is 1. The molecule has 31 heavy (non-hydrogen) atoms. The number of rotatable bonds is 9. The van der Waals surface area contributed by atoms with Gasteiger partial charge in [-0.2, -0.15) is 5.10 Å². The van der Waals surface area contributed by atoms with Crippen LogP contribution in [0.4, 0.5) is 0 Å². The van der Waals surface area contributed by atoms with Crippen LogP contribution in [0.5, 0.6) is 11.5 Å². The van der Waals surface area contributed by atoms with E-state index in [9.17, 15) is 9.90 Å². The van der Waals surface area contributed by atoms with Gasteiger partial charge < -0.3 is 14.6 Å². The van der Waals surface area contributed by atoms with Crippen molar-refractivity contribution < 1.29 is 19.4 Å². The summed E-state index contributed by atoms with van der Waals surface area (Å²) in [6.07, 6.45) is 1.52. The summed E-state index contributed by atoms with van der Waals surface area (Å²) in [6, 6.07) is 22.9. The van der Waals surface area contributed by atoms with Crippen LogP contribution in [-0.2, 0) is 10.4 Å². The average Bonchev–Trinajstić information content (AvgIpc) is 2.80. The molecule has 0 aliphatic rings. The fraction of sp³-hybridized carbons (Fsp3) is 0.200. The molecule has 0 aromatic heterocycles.